The Balaban J connectivity index is 1.97. The van der Waals surface area contributed by atoms with Gasteiger partial charge in [-0.05, 0) is 27.0 Å². The van der Waals surface area contributed by atoms with E-state index in [1.807, 2.05) is 42.8 Å². The van der Waals surface area contributed by atoms with Crippen LogP contribution in [0.25, 0.3) is 0 Å². The lowest BCUT2D eigenvalue weighted by molar-refractivity contribution is 0.0942. The molecule has 0 aliphatic carbocycles. The second-order valence-corrected chi connectivity index (χ2v) is 5.28. The molecule has 2 heterocycles. The molecule has 0 bridgehead atoms. The highest BCUT2D eigenvalue weighted by Crippen LogP contribution is 2.11. The molecule has 2 aromatic heterocycles. The molecule has 5 heteroatoms. The predicted octanol–water partition coefficient (Wildman–Crippen LogP) is 2.40. The zero-order valence-corrected chi connectivity index (χ0v) is 11.7. The first kappa shape index (κ1) is 13.0. The number of H-pyrrole nitrogens is 1. The molecule has 0 unspecified atom stereocenters. The molecule has 0 aromatic carbocycles. The fraction of sp³-hybridized carbons (Fsp3) is 0.385. The molecule has 18 heavy (non-hydrogen) atoms. The summed E-state index contributed by atoms with van der Waals surface area (Å²) in [4.78, 5) is 21.5. The lowest BCUT2D eigenvalue weighted by Gasteiger charge is -2.13. The molecule has 0 aliphatic rings. The van der Waals surface area contributed by atoms with Crippen LogP contribution in [0.3, 0.4) is 0 Å². The van der Waals surface area contributed by atoms with Crippen molar-refractivity contribution in [3.8, 4) is 0 Å². The zero-order chi connectivity index (χ0) is 13.1. The molecule has 2 rings (SSSR count). The van der Waals surface area contributed by atoms with E-state index < -0.39 is 0 Å². The molecule has 0 amide bonds. The van der Waals surface area contributed by atoms with Crippen molar-refractivity contribution in [1.82, 2.24) is 14.9 Å². The molecule has 0 saturated carbocycles. The highest BCUT2D eigenvalue weighted by molar-refractivity contribution is 7.07. The molecular weight excluding hydrogens is 246 g/mol. The van der Waals surface area contributed by atoms with Crippen molar-refractivity contribution in [2.45, 2.75) is 20.4 Å². The molecular formula is C13H17N3OS. The summed E-state index contributed by atoms with van der Waals surface area (Å²) < 4.78 is 0. The lowest BCUT2D eigenvalue weighted by atomic mass is 10.1. The second-order valence-electron chi connectivity index (χ2n) is 4.57. The third kappa shape index (κ3) is 3.05. The van der Waals surface area contributed by atoms with Gasteiger partial charge in [-0.25, -0.2) is 4.98 Å². The van der Waals surface area contributed by atoms with E-state index >= 15 is 0 Å². The SMILES string of the molecule is Cc1cc(C(=O)CN(C)Cc2cscn2)c(C)[nH]1. The Kier molecular flexibility index (Phi) is 3.93. The number of aryl methyl sites for hydroxylation is 2. The molecule has 0 spiro atoms. The Morgan fingerprint density at radius 1 is 1.50 bits per heavy atom. The Morgan fingerprint density at radius 2 is 2.28 bits per heavy atom. The number of carbonyl (C=O) groups excluding carboxylic acids is 1. The van der Waals surface area contributed by atoms with E-state index in [1.165, 1.54) is 0 Å². The van der Waals surface area contributed by atoms with E-state index in [1.54, 1.807) is 11.3 Å². The Hall–Kier alpha value is -1.46. The molecule has 0 atom stereocenters. The van der Waals surface area contributed by atoms with E-state index in [4.69, 9.17) is 0 Å². The van der Waals surface area contributed by atoms with Gasteiger partial charge in [0, 0.05) is 28.9 Å². The maximum atomic E-state index is 12.1. The number of likely N-dealkylation sites (N-methyl/N-ethyl adjacent to an activating group) is 1. The number of carbonyl (C=O) groups is 1. The van der Waals surface area contributed by atoms with Gasteiger partial charge in [0.2, 0.25) is 0 Å². The number of aromatic nitrogens is 2. The average Bonchev–Trinajstić information content (AvgIpc) is 2.88. The third-order valence-electron chi connectivity index (χ3n) is 2.78. The van der Waals surface area contributed by atoms with Gasteiger partial charge in [-0.1, -0.05) is 0 Å². The van der Waals surface area contributed by atoms with Crippen LogP contribution in [0.4, 0.5) is 0 Å². The molecule has 0 aliphatic heterocycles. The standard InChI is InChI=1S/C13H17N3OS/c1-9-4-12(10(2)15-9)13(17)6-16(3)5-11-7-18-8-14-11/h4,7-8,15H,5-6H2,1-3H3. The summed E-state index contributed by atoms with van der Waals surface area (Å²) in [7, 11) is 1.94. The van der Waals surface area contributed by atoms with Crippen molar-refractivity contribution in [1.29, 1.82) is 0 Å². The monoisotopic (exact) mass is 263 g/mol. The van der Waals surface area contributed by atoms with Gasteiger partial charge >= 0.3 is 0 Å². The summed E-state index contributed by atoms with van der Waals surface area (Å²) in [6, 6.07) is 1.91. The molecule has 2 aromatic rings. The number of hydrogen-bond donors (Lipinski definition) is 1. The largest absolute Gasteiger partial charge is 0.362 e. The smallest absolute Gasteiger partial charge is 0.178 e. The summed E-state index contributed by atoms with van der Waals surface area (Å²) in [5.74, 6) is 0.148. The van der Waals surface area contributed by atoms with Crippen LogP contribution in [0.2, 0.25) is 0 Å². The highest BCUT2D eigenvalue weighted by Gasteiger charge is 2.14. The number of nitrogens with zero attached hydrogens (tertiary/aromatic N) is 2. The predicted molar refractivity (Wildman–Crippen MR) is 73.0 cm³/mol. The van der Waals surface area contributed by atoms with Crippen LogP contribution in [0.1, 0.15) is 27.4 Å². The Morgan fingerprint density at radius 3 is 2.83 bits per heavy atom. The van der Waals surface area contributed by atoms with Crippen LogP contribution in [-0.4, -0.2) is 34.2 Å². The van der Waals surface area contributed by atoms with Gasteiger partial charge in [0.1, 0.15) is 0 Å². The number of ketones is 1. The third-order valence-corrected chi connectivity index (χ3v) is 3.41. The van der Waals surface area contributed by atoms with Crippen LogP contribution >= 0.6 is 11.3 Å². The van der Waals surface area contributed by atoms with Crippen molar-refractivity contribution in [3.05, 3.63) is 39.6 Å². The second kappa shape index (κ2) is 5.46. The van der Waals surface area contributed by atoms with Crippen molar-refractivity contribution in [3.63, 3.8) is 0 Å². The van der Waals surface area contributed by atoms with Gasteiger partial charge in [-0.3, -0.25) is 9.69 Å². The normalized spacial score (nSPS) is 11.1. The first-order valence-corrected chi connectivity index (χ1v) is 6.75. The summed E-state index contributed by atoms with van der Waals surface area (Å²) in [6.45, 7) is 5.01. The number of rotatable bonds is 5. The number of aromatic amines is 1. The van der Waals surface area contributed by atoms with Crippen molar-refractivity contribution in [2.75, 3.05) is 13.6 Å². The summed E-state index contributed by atoms with van der Waals surface area (Å²) >= 11 is 1.57. The van der Waals surface area contributed by atoms with Crippen molar-refractivity contribution >= 4 is 17.1 Å². The van der Waals surface area contributed by atoms with Crippen molar-refractivity contribution in [2.24, 2.45) is 0 Å². The fourth-order valence-electron chi connectivity index (χ4n) is 1.99. The summed E-state index contributed by atoms with van der Waals surface area (Å²) in [5.41, 5.74) is 5.58. The van der Waals surface area contributed by atoms with Crippen LogP contribution in [-0.2, 0) is 6.54 Å². The maximum Gasteiger partial charge on any atom is 0.178 e. The molecule has 4 nitrogen and oxygen atoms in total. The zero-order valence-electron chi connectivity index (χ0n) is 10.9. The van der Waals surface area contributed by atoms with E-state index in [0.29, 0.717) is 13.1 Å². The first-order chi connectivity index (χ1) is 8.56. The molecule has 96 valence electrons. The summed E-state index contributed by atoms with van der Waals surface area (Å²) in [6.07, 6.45) is 0. The highest BCUT2D eigenvalue weighted by atomic mass is 32.1. The van der Waals surface area contributed by atoms with Gasteiger partial charge in [0.05, 0.1) is 17.7 Å². The minimum absolute atomic E-state index is 0.148. The first-order valence-electron chi connectivity index (χ1n) is 5.81. The Bertz CT molecular complexity index is 530. The van der Waals surface area contributed by atoms with E-state index in [-0.39, 0.29) is 5.78 Å². The summed E-state index contributed by atoms with van der Waals surface area (Å²) in [5, 5.41) is 2.01. The number of nitrogens with one attached hydrogen (secondary N) is 1. The minimum atomic E-state index is 0.148. The van der Waals surface area contributed by atoms with Gasteiger partial charge in [0.15, 0.2) is 5.78 Å². The van der Waals surface area contributed by atoms with Crippen LogP contribution in [0.15, 0.2) is 17.0 Å². The molecule has 0 saturated heterocycles. The minimum Gasteiger partial charge on any atom is -0.362 e. The lowest BCUT2D eigenvalue weighted by Crippen LogP contribution is -2.25. The molecule has 0 radical (unpaired) electrons. The van der Waals surface area contributed by atoms with Crippen molar-refractivity contribution < 1.29 is 4.79 Å². The van der Waals surface area contributed by atoms with Gasteiger partial charge in [-0.2, -0.15) is 0 Å². The van der Waals surface area contributed by atoms with E-state index in [2.05, 4.69) is 9.97 Å². The van der Waals surface area contributed by atoms with E-state index in [9.17, 15) is 4.79 Å². The number of thiazole rings is 1. The molecule has 1 N–H and O–H groups in total. The average molecular weight is 263 g/mol. The van der Waals surface area contributed by atoms with E-state index in [0.717, 1.165) is 22.6 Å². The Labute approximate surface area is 111 Å². The maximum absolute atomic E-state index is 12.1. The number of hydrogen-bond acceptors (Lipinski definition) is 4. The quantitative estimate of drug-likeness (QED) is 0.843. The van der Waals surface area contributed by atoms with Crippen LogP contribution < -0.4 is 0 Å². The molecule has 0 fully saturated rings. The fourth-order valence-corrected chi connectivity index (χ4v) is 2.54. The topological polar surface area (TPSA) is 49.0 Å². The van der Waals surface area contributed by atoms with Gasteiger partial charge < -0.3 is 4.98 Å². The van der Waals surface area contributed by atoms with Crippen LogP contribution in [0, 0.1) is 13.8 Å². The van der Waals surface area contributed by atoms with Gasteiger partial charge in [0.25, 0.3) is 0 Å². The van der Waals surface area contributed by atoms with Crippen LogP contribution in [0.5, 0.6) is 0 Å². The number of Topliss-reactive ketones (excluding diaryl/α,β-unsaturated/α-hetero) is 1. The van der Waals surface area contributed by atoms with Gasteiger partial charge in [-0.15, -0.1) is 11.3 Å².